The van der Waals surface area contributed by atoms with Gasteiger partial charge in [0.05, 0.1) is 11.9 Å². The lowest BCUT2D eigenvalue weighted by Gasteiger charge is -2.07. The molecule has 0 aliphatic carbocycles. The highest BCUT2D eigenvalue weighted by atomic mass is 15.4. The van der Waals surface area contributed by atoms with Crippen molar-refractivity contribution in [1.29, 1.82) is 0 Å². The van der Waals surface area contributed by atoms with Gasteiger partial charge in [0.15, 0.2) is 0 Å². The van der Waals surface area contributed by atoms with E-state index in [4.69, 9.17) is 5.73 Å². The third kappa shape index (κ3) is 1.73. The van der Waals surface area contributed by atoms with Crippen molar-refractivity contribution in [3.8, 4) is 11.4 Å². The summed E-state index contributed by atoms with van der Waals surface area (Å²) in [6, 6.07) is 0. The van der Waals surface area contributed by atoms with Crippen molar-refractivity contribution in [2.45, 2.75) is 26.8 Å². The van der Waals surface area contributed by atoms with Gasteiger partial charge in [0.25, 0.3) is 0 Å². The van der Waals surface area contributed by atoms with E-state index in [1.165, 1.54) is 6.33 Å². The number of nitrogen functional groups attached to an aromatic ring is 1. The van der Waals surface area contributed by atoms with E-state index in [0.717, 1.165) is 29.9 Å². The third-order valence-corrected chi connectivity index (χ3v) is 2.42. The molecule has 0 bridgehead atoms. The fraction of sp³-hybridized carbons (Fsp3) is 0.400. The van der Waals surface area contributed by atoms with Crippen LogP contribution in [0.4, 0.5) is 5.82 Å². The van der Waals surface area contributed by atoms with E-state index in [-0.39, 0.29) is 0 Å². The van der Waals surface area contributed by atoms with E-state index in [2.05, 4.69) is 27.2 Å². The number of nitrogens with two attached hydrogens (primary N) is 1. The maximum absolute atomic E-state index is 5.75. The van der Waals surface area contributed by atoms with E-state index in [1.807, 2.05) is 11.6 Å². The first kappa shape index (κ1) is 10.5. The normalized spacial score (nSPS) is 10.6. The van der Waals surface area contributed by atoms with Gasteiger partial charge < -0.3 is 5.73 Å². The summed E-state index contributed by atoms with van der Waals surface area (Å²) in [5.74, 6) is 0.495. The van der Waals surface area contributed by atoms with Gasteiger partial charge in [-0.1, -0.05) is 12.1 Å². The molecule has 2 N–H and O–H groups in total. The minimum absolute atomic E-state index is 0.495. The van der Waals surface area contributed by atoms with Crippen LogP contribution in [0.5, 0.6) is 0 Å². The minimum Gasteiger partial charge on any atom is -0.383 e. The Hall–Kier alpha value is -1.98. The lowest BCUT2D eigenvalue weighted by molar-refractivity contribution is 0.583. The first-order valence-corrected chi connectivity index (χ1v) is 5.20. The van der Waals surface area contributed by atoms with E-state index < -0.39 is 0 Å². The van der Waals surface area contributed by atoms with Gasteiger partial charge in [-0.2, -0.15) is 0 Å². The van der Waals surface area contributed by atoms with Crippen LogP contribution in [0.1, 0.15) is 18.9 Å². The highest BCUT2D eigenvalue weighted by Crippen LogP contribution is 2.22. The van der Waals surface area contributed by atoms with Crippen LogP contribution in [0.3, 0.4) is 0 Å². The molecule has 0 amide bonds. The molecule has 16 heavy (non-hydrogen) atoms. The highest BCUT2D eigenvalue weighted by Gasteiger charge is 2.12. The van der Waals surface area contributed by atoms with Gasteiger partial charge >= 0.3 is 0 Å². The largest absolute Gasteiger partial charge is 0.383 e. The molecule has 0 aliphatic heterocycles. The molecule has 2 aromatic heterocycles. The Balaban J connectivity index is 2.50. The molecule has 0 unspecified atom stereocenters. The van der Waals surface area contributed by atoms with Crippen molar-refractivity contribution in [3.63, 3.8) is 0 Å². The average Bonchev–Trinajstić information content (AvgIpc) is 2.71. The van der Waals surface area contributed by atoms with Crippen molar-refractivity contribution in [1.82, 2.24) is 25.0 Å². The summed E-state index contributed by atoms with van der Waals surface area (Å²) in [5, 5.41) is 7.92. The topological polar surface area (TPSA) is 82.5 Å². The summed E-state index contributed by atoms with van der Waals surface area (Å²) in [6.45, 7) is 4.80. The van der Waals surface area contributed by atoms with Gasteiger partial charge in [0, 0.05) is 12.1 Å². The summed E-state index contributed by atoms with van der Waals surface area (Å²) >= 11 is 0. The van der Waals surface area contributed by atoms with Crippen molar-refractivity contribution in [2.24, 2.45) is 0 Å². The van der Waals surface area contributed by atoms with Crippen molar-refractivity contribution < 1.29 is 0 Å². The predicted octanol–water partition coefficient (Wildman–Crippen LogP) is 1.04. The van der Waals surface area contributed by atoms with Crippen LogP contribution in [-0.4, -0.2) is 25.0 Å². The van der Waals surface area contributed by atoms with Crippen LogP contribution < -0.4 is 5.73 Å². The second-order valence-corrected chi connectivity index (χ2v) is 3.57. The molecule has 0 fully saturated rings. The van der Waals surface area contributed by atoms with Crippen LogP contribution in [-0.2, 0) is 6.54 Å². The zero-order valence-electron chi connectivity index (χ0n) is 9.38. The van der Waals surface area contributed by atoms with Gasteiger partial charge in [-0.15, -0.1) is 5.10 Å². The molecule has 0 aliphatic rings. The zero-order valence-corrected chi connectivity index (χ0v) is 9.38. The van der Waals surface area contributed by atoms with Crippen LogP contribution >= 0.6 is 0 Å². The fourth-order valence-electron chi connectivity index (χ4n) is 1.54. The summed E-state index contributed by atoms with van der Waals surface area (Å²) in [7, 11) is 0. The molecule has 0 atom stereocenters. The molecule has 0 aromatic carbocycles. The number of anilines is 1. The maximum Gasteiger partial charge on any atom is 0.130 e. The molecule has 0 radical (unpaired) electrons. The Morgan fingerprint density at radius 1 is 1.38 bits per heavy atom. The smallest absolute Gasteiger partial charge is 0.130 e. The Labute approximate surface area is 93.5 Å². The Kier molecular flexibility index (Phi) is 2.80. The SMILES string of the molecule is CCCn1nncc1-c1ncnc(N)c1C. The molecule has 2 rings (SSSR count). The first-order chi connectivity index (χ1) is 7.74. The predicted molar refractivity (Wildman–Crippen MR) is 60.5 cm³/mol. The summed E-state index contributed by atoms with van der Waals surface area (Å²) in [4.78, 5) is 8.17. The molecule has 6 nitrogen and oxygen atoms in total. The quantitative estimate of drug-likeness (QED) is 0.832. The summed E-state index contributed by atoms with van der Waals surface area (Å²) in [6.07, 6.45) is 4.15. The van der Waals surface area contributed by atoms with Gasteiger partial charge in [0.1, 0.15) is 17.8 Å². The molecular weight excluding hydrogens is 204 g/mol. The molecule has 84 valence electrons. The lowest BCUT2D eigenvalue weighted by Crippen LogP contribution is -2.05. The van der Waals surface area contributed by atoms with Gasteiger partial charge in [0.2, 0.25) is 0 Å². The highest BCUT2D eigenvalue weighted by molar-refractivity contribution is 5.62. The van der Waals surface area contributed by atoms with Crippen LogP contribution in [0, 0.1) is 6.92 Å². The van der Waals surface area contributed by atoms with Crippen molar-refractivity contribution in [2.75, 3.05) is 5.73 Å². The molecule has 2 heterocycles. The third-order valence-electron chi connectivity index (χ3n) is 2.42. The molecule has 0 saturated carbocycles. The minimum atomic E-state index is 0.495. The number of aryl methyl sites for hydroxylation is 1. The lowest BCUT2D eigenvalue weighted by atomic mass is 10.2. The Morgan fingerprint density at radius 2 is 2.19 bits per heavy atom. The Bertz CT molecular complexity index is 490. The van der Waals surface area contributed by atoms with Crippen molar-refractivity contribution >= 4 is 5.82 Å². The molecular formula is C10H14N6. The van der Waals surface area contributed by atoms with Gasteiger partial charge in [-0.05, 0) is 13.3 Å². The van der Waals surface area contributed by atoms with Gasteiger partial charge in [-0.25, -0.2) is 14.6 Å². The molecule has 0 spiro atoms. The van der Waals surface area contributed by atoms with E-state index >= 15 is 0 Å². The number of rotatable bonds is 3. The molecule has 2 aromatic rings. The number of aromatic nitrogens is 5. The maximum atomic E-state index is 5.75. The van der Waals surface area contributed by atoms with E-state index in [0.29, 0.717) is 5.82 Å². The van der Waals surface area contributed by atoms with E-state index in [1.54, 1.807) is 6.20 Å². The van der Waals surface area contributed by atoms with Crippen LogP contribution in [0.15, 0.2) is 12.5 Å². The zero-order chi connectivity index (χ0) is 11.5. The number of hydrogen-bond acceptors (Lipinski definition) is 5. The fourth-order valence-corrected chi connectivity index (χ4v) is 1.54. The summed E-state index contributed by atoms with van der Waals surface area (Å²) in [5.41, 5.74) is 8.29. The van der Waals surface area contributed by atoms with E-state index in [9.17, 15) is 0 Å². The van der Waals surface area contributed by atoms with Crippen molar-refractivity contribution in [3.05, 3.63) is 18.1 Å². The molecule has 0 saturated heterocycles. The standard InChI is InChI=1S/C10H14N6/c1-3-4-16-8(5-14-15-16)9-7(2)10(11)13-6-12-9/h5-6H,3-4H2,1-2H3,(H2,11,12,13). The number of hydrogen-bond donors (Lipinski definition) is 1. The van der Waals surface area contributed by atoms with Gasteiger partial charge in [-0.3, -0.25) is 0 Å². The monoisotopic (exact) mass is 218 g/mol. The van der Waals surface area contributed by atoms with Crippen LogP contribution in [0.25, 0.3) is 11.4 Å². The average molecular weight is 218 g/mol. The number of nitrogens with zero attached hydrogens (tertiary/aromatic N) is 5. The van der Waals surface area contributed by atoms with Crippen LogP contribution in [0.2, 0.25) is 0 Å². The molecule has 6 heteroatoms. The second kappa shape index (κ2) is 4.26. The Morgan fingerprint density at radius 3 is 2.94 bits per heavy atom. The first-order valence-electron chi connectivity index (χ1n) is 5.20. The summed E-state index contributed by atoms with van der Waals surface area (Å²) < 4.78 is 1.83. The second-order valence-electron chi connectivity index (χ2n) is 3.57.